The lowest BCUT2D eigenvalue weighted by Crippen LogP contribution is -2.40. The Labute approximate surface area is 120 Å². The normalized spacial score (nSPS) is 12.5. The Balaban J connectivity index is 2.69. The van der Waals surface area contributed by atoms with Gasteiger partial charge in [-0.15, -0.1) is 0 Å². The lowest BCUT2D eigenvalue weighted by atomic mass is 10.1. The predicted octanol–water partition coefficient (Wildman–Crippen LogP) is 2.93. The minimum atomic E-state index is -0.119. The van der Waals surface area contributed by atoms with Gasteiger partial charge in [-0.25, -0.2) is 0 Å². The largest absolute Gasteiger partial charge is 0.324 e. The van der Waals surface area contributed by atoms with E-state index in [9.17, 15) is 4.79 Å². The highest BCUT2D eigenvalue weighted by molar-refractivity contribution is 7.98. The molecule has 4 heteroatoms. The lowest BCUT2D eigenvalue weighted by molar-refractivity contribution is -0.120. The molecule has 0 fully saturated rings. The van der Waals surface area contributed by atoms with Crippen molar-refractivity contribution in [2.24, 2.45) is 0 Å². The van der Waals surface area contributed by atoms with Crippen molar-refractivity contribution in [1.82, 2.24) is 4.90 Å². The molecule has 0 aliphatic heterocycles. The Hall–Kier alpha value is -1.00. The molecule has 1 amide bonds. The van der Waals surface area contributed by atoms with E-state index in [4.69, 9.17) is 0 Å². The second kappa shape index (κ2) is 7.56. The van der Waals surface area contributed by atoms with Crippen molar-refractivity contribution >= 4 is 23.4 Å². The first-order chi connectivity index (χ1) is 8.97. The Morgan fingerprint density at radius 1 is 1.37 bits per heavy atom. The summed E-state index contributed by atoms with van der Waals surface area (Å²) < 4.78 is 0. The Bertz CT molecular complexity index is 414. The Morgan fingerprint density at radius 2 is 1.95 bits per heavy atom. The van der Waals surface area contributed by atoms with Crippen molar-refractivity contribution in [2.75, 3.05) is 30.9 Å². The summed E-state index contributed by atoms with van der Waals surface area (Å²) in [6, 6.07) is 5.93. The average Bonchev–Trinajstić information content (AvgIpc) is 2.39. The quantitative estimate of drug-likeness (QED) is 0.869. The predicted molar refractivity (Wildman–Crippen MR) is 85.0 cm³/mol. The van der Waals surface area contributed by atoms with Crippen molar-refractivity contribution in [1.29, 1.82) is 0 Å². The van der Waals surface area contributed by atoms with Crippen LogP contribution in [0.25, 0.3) is 0 Å². The number of carbonyl (C=O) groups excluding carboxylic acids is 1. The number of carbonyl (C=O) groups is 1. The summed E-state index contributed by atoms with van der Waals surface area (Å²) in [5.41, 5.74) is 3.15. The highest BCUT2D eigenvalue weighted by Gasteiger charge is 2.18. The topological polar surface area (TPSA) is 32.3 Å². The van der Waals surface area contributed by atoms with E-state index in [0.29, 0.717) is 0 Å². The second-order valence-electron chi connectivity index (χ2n) is 4.91. The van der Waals surface area contributed by atoms with Crippen molar-refractivity contribution in [3.8, 4) is 0 Å². The molecule has 0 heterocycles. The molecule has 0 unspecified atom stereocenters. The molecular weight excluding hydrogens is 256 g/mol. The summed E-state index contributed by atoms with van der Waals surface area (Å²) in [6.07, 6.45) is 2.08. The third kappa shape index (κ3) is 4.55. The summed E-state index contributed by atoms with van der Waals surface area (Å²) in [6.45, 7) is 6.90. The number of rotatable bonds is 6. The van der Waals surface area contributed by atoms with E-state index in [-0.39, 0.29) is 11.9 Å². The molecular formula is C15H24N2OS. The van der Waals surface area contributed by atoms with Gasteiger partial charge in [0.2, 0.25) is 5.91 Å². The molecule has 1 rings (SSSR count). The average molecular weight is 280 g/mol. The van der Waals surface area contributed by atoms with E-state index in [1.54, 1.807) is 11.8 Å². The van der Waals surface area contributed by atoms with Gasteiger partial charge >= 0.3 is 0 Å². The first-order valence-corrected chi connectivity index (χ1v) is 7.93. The minimum absolute atomic E-state index is 0.0565. The molecule has 0 radical (unpaired) electrons. The van der Waals surface area contributed by atoms with Crippen LogP contribution in [0.2, 0.25) is 0 Å². The van der Waals surface area contributed by atoms with Crippen LogP contribution >= 0.6 is 11.8 Å². The fourth-order valence-corrected chi connectivity index (χ4v) is 2.34. The van der Waals surface area contributed by atoms with Crippen LogP contribution in [0.1, 0.15) is 18.1 Å². The zero-order valence-electron chi connectivity index (χ0n) is 12.5. The van der Waals surface area contributed by atoms with E-state index < -0.39 is 0 Å². The van der Waals surface area contributed by atoms with Gasteiger partial charge in [-0.05, 0) is 45.2 Å². The van der Waals surface area contributed by atoms with Gasteiger partial charge in [0.1, 0.15) is 0 Å². The van der Waals surface area contributed by atoms with Crippen LogP contribution < -0.4 is 5.32 Å². The van der Waals surface area contributed by atoms with Gasteiger partial charge in [0.05, 0.1) is 6.04 Å². The molecule has 1 aromatic rings. The van der Waals surface area contributed by atoms with Crippen LogP contribution in [-0.4, -0.2) is 42.4 Å². The number of anilines is 1. The van der Waals surface area contributed by atoms with Crippen molar-refractivity contribution < 1.29 is 4.79 Å². The SMILES string of the molecule is CSCCN(C)[C@@H](C)C(=O)Nc1c(C)cccc1C. The third-order valence-electron chi connectivity index (χ3n) is 3.42. The van der Waals surface area contributed by atoms with E-state index in [0.717, 1.165) is 29.1 Å². The zero-order chi connectivity index (χ0) is 14.4. The third-order valence-corrected chi connectivity index (χ3v) is 4.01. The molecule has 1 atom stereocenters. The molecule has 0 aliphatic carbocycles. The van der Waals surface area contributed by atoms with Crippen molar-refractivity contribution in [2.45, 2.75) is 26.8 Å². The Morgan fingerprint density at radius 3 is 2.47 bits per heavy atom. The number of likely N-dealkylation sites (N-methyl/N-ethyl adjacent to an activating group) is 1. The molecule has 0 bridgehead atoms. The molecule has 19 heavy (non-hydrogen) atoms. The van der Waals surface area contributed by atoms with Gasteiger partial charge in [-0.3, -0.25) is 9.69 Å². The number of benzene rings is 1. The molecule has 0 saturated heterocycles. The molecule has 0 spiro atoms. The standard InChI is InChI=1S/C15H24N2OS/c1-11-7-6-8-12(2)14(11)16-15(18)13(3)17(4)9-10-19-5/h6-8,13H,9-10H2,1-5H3,(H,16,18)/t13-/m0/s1. The van der Waals surface area contributed by atoms with E-state index >= 15 is 0 Å². The van der Waals surface area contributed by atoms with Crippen LogP contribution in [-0.2, 0) is 4.79 Å². The van der Waals surface area contributed by atoms with E-state index in [2.05, 4.69) is 16.5 Å². The maximum atomic E-state index is 12.3. The molecule has 106 valence electrons. The zero-order valence-corrected chi connectivity index (χ0v) is 13.3. The molecule has 3 nitrogen and oxygen atoms in total. The number of amides is 1. The number of hydrogen-bond acceptors (Lipinski definition) is 3. The fourth-order valence-electron chi connectivity index (χ4n) is 1.87. The van der Waals surface area contributed by atoms with Crippen LogP contribution in [0.4, 0.5) is 5.69 Å². The van der Waals surface area contributed by atoms with Gasteiger partial charge in [0.15, 0.2) is 0 Å². The summed E-state index contributed by atoms with van der Waals surface area (Å²) >= 11 is 1.79. The van der Waals surface area contributed by atoms with Crippen molar-refractivity contribution in [3.63, 3.8) is 0 Å². The maximum absolute atomic E-state index is 12.3. The van der Waals surface area contributed by atoms with Crippen LogP contribution in [0, 0.1) is 13.8 Å². The number of thioether (sulfide) groups is 1. The smallest absolute Gasteiger partial charge is 0.241 e. The maximum Gasteiger partial charge on any atom is 0.241 e. The number of nitrogens with one attached hydrogen (secondary N) is 1. The first-order valence-electron chi connectivity index (χ1n) is 6.53. The molecule has 0 aromatic heterocycles. The number of para-hydroxylation sites is 1. The number of nitrogens with zero attached hydrogens (tertiary/aromatic N) is 1. The van der Waals surface area contributed by atoms with Gasteiger partial charge in [-0.2, -0.15) is 11.8 Å². The summed E-state index contributed by atoms with van der Waals surface area (Å²) in [5.74, 6) is 1.10. The molecule has 1 N–H and O–H groups in total. The number of hydrogen-bond donors (Lipinski definition) is 1. The summed E-state index contributed by atoms with van der Waals surface area (Å²) in [5, 5.41) is 3.05. The first kappa shape index (κ1) is 16.1. The monoisotopic (exact) mass is 280 g/mol. The lowest BCUT2D eigenvalue weighted by Gasteiger charge is -2.24. The van der Waals surface area contributed by atoms with Crippen LogP contribution in [0.15, 0.2) is 18.2 Å². The van der Waals surface area contributed by atoms with Gasteiger partial charge in [-0.1, -0.05) is 18.2 Å². The van der Waals surface area contributed by atoms with Crippen molar-refractivity contribution in [3.05, 3.63) is 29.3 Å². The van der Waals surface area contributed by atoms with E-state index in [1.165, 1.54) is 0 Å². The van der Waals surface area contributed by atoms with Gasteiger partial charge in [0, 0.05) is 18.0 Å². The fraction of sp³-hybridized carbons (Fsp3) is 0.533. The van der Waals surface area contributed by atoms with Crippen LogP contribution in [0.3, 0.4) is 0 Å². The number of aryl methyl sites for hydroxylation is 2. The molecule has 1 aromatic carbocycles. The van der Waals surface area contributed by atoms with Crippen LogP contribution in [0.5, 0.6) is 0 Å². The second-order valence-corrected chi connectivity index (χ2v) is 5.89. The van der Waals surface area contributed by atoms with Gasteiger partial charge in [0.25, 0.3) is 0 Å². The minimum Gasteiger partial charge on any atom is -0.324 e. The highest BCUT2D eigenvalue weighted by atomic mass is 32.2. The molecule has 0 saturated carbocycles. The van der Waals surface area contributed by atoms with E-state index in [1.807, 2.05) is 46.0 Å². The van der Waals surface area contributed by atoms with Gasteiger partial charge < -0.3 is 5.32 Å². The summed E-state index contributed by atoms with van der Waals surface area (Å²) in [7, 11) is 1.99. The summed E-state index contributed by atoms with van der Waals surface area (Å²) in [4.78, 5) is 14.3. The Kier molecular flexibility index (Phi) is 6.38. The highest BCUT2D eigenvalue weighted by Crippen LogP contribution is 2.19. The molecule has 0 aliphatic rings.